The molecule has 0 aliphatic rings. The summed E-state index contributed by atoms with van der Waals surface area (Å²) in [6, 6.07) is 17.7. The van der Waals surface area contributed by atoms with Crippen LogP contribution in [0, 0.1) is 24.0 Å². The average Bonchev–Trinajstić information content (AvgIpc) is 3.15. The smallest absolute Gasteiger partial charge is 0.293 e. The van der Waals surface area contributed by atoms with Crippen molar-refractivity contribution < 1.29 is 18.9 Å². The van der Waals surface area contributed by atoms with Crippen molar-refractivity contribution in [3.05, 3.63) is 99.3 Å². The predicted molar refractivity (Wildman–Crippen MR) is 121 cm³/mol. The molecule has 3 aromatic carbocycles. The van der Waals surface area contributed by atoms with Gasteiger partial charge in [0, 0.05) is 28.8 Å². The molecule has 2 N–H and O–H groups in total. The number of nitro benzene ring substituents is 1. The molecule has 4 aromatic rings. The van der Waals surface area contributed by atoms with Gasteiger partial charge in [0.05, 0.1) is 4.92 Å². The molecule has 0 spiro atoms. The van der Waals surface area contributed by atoms with E-state index in [1.54, 1.807) is 30.3 Å². The van der Waals surface area contributed by atoms with Crippen molar-refractivity contribution in [1.29, 1.82) is 0 Å². The van der Waals surface area contributed by atoms with Crippen molar-refractivity contribution in [1.82, 2.24) is 0 Å². The van der Waals surface area contributed by atoms with Gasteiger partial charge in [-0.05, 0) is 61.4 Å². The summed E-state index contributed by atoms with van der Waals surface area (Å²) in [5, 5.41) is 16.9. The van der Waals surface area contributed by atoms with Crippen molar-refractivity contribution in [3.63, 3.8) is 0 Å². The van der Waals surface area contributed by atoms with Crippen molar-refractivity contribution in [2.75, 3.05) is 10.6 Å². The fraction of sp³-hybridized carbons (Fsp3) is 0.0833. The van der Waals surface area contributed by atoms with Crippen LogP contribution in [0.1, 0.15) is 32.0 Å². The van der Waals surface area contributed by atoms with E-state index in [-0.39, 0.29) is 22.7 Å². The number of nitrogens with zero attached hydrogens (tertiary/aromatic N) is 1. The maximum absolute atomic E-state index is 13.0. The third-order valence-corrected chi connectivity index (χ3v) is 5.15. The molecule has 1 heterocycles. The summed E-state index contributed by atoms with van der Waals surface area (Å²) in [5.74, 6) is -1.07. The minimum Gasteiger partial charge on any atom is -0.449 e. The number of fused-ring (bicyclic) bond motifs is 1. The first-order valence-electron chi connectivity index (χ1n) is 9.79. The molecule has 2 amide bonds. The van der Waals surface area contributed by atoms with Gasteiger partial charge in [-0.25, -0.2) is 0 Å². The first-order valence-corrected chi connectivity index (χ1v) is 9.79. The molecule has 0 aliphatic heterocycles. The molecular weight excluding hydrogens is 410 g/mol. The van der Waals surface area contributed by atoms with Crippen molar-refractivity contribution in [2.45, 2.75) is 13.8 Å². The van der Waals surface area contributed by atoms with Crippen LogP contribution in [0.2, 0.25) is 0 Å². The highest BCUT2D eigenvalue weighted by Crippen LogP contribution is 2.32. The molecule has 0 atom stereocenters. The molecule has 8 heteroatoms. The zero-order valence-corrected chi connectivity index (χ0v) is 17.3. The van der Waals surface area contributed by atoms with Gasteiger partial charge in [0.1, 0.15) is 11.3 Å². The molecule has 0 bridgehead atoms. The molecule has 160 valence electrons. The fourth-order valence-corrected chi connectivity index (χ4v) is 3.26. The van der Waals surface area contributed by atoms with Crippen LogP contribution in [0.25, 0.3) is 11.0 Å². The number of carbonyl (C=O) groups is 2. The van der Waals surface area contributed by atoms with Gasteiger partial charge in [0.2, 0.25) is 5.76 Å². The third kappa shape index (κ3) is 4.06. The largest absolute Gasteiger partial charge is 0.449 e. The summed E-state index contributed by atoms with van der Waals surface area (Å²) in [4.78, 5) is 36.1. The van der Waals surface area contributed by atoms with E-state index >= 15 is 0 Å². The normalized spacial score (nSPS) is 10.7. The number of nitrogens with one attached hydrogen (secondary N) is 2. The summed E-state index contributed by atoms with van der Waals surface area (Å²) < 4.78 is 5.76. The number of carbonyl (C=O) groups excluding carboxylic acids is 2. The maximum atomic E-state index is 13.0. The Hall–Kier alpha value is -4.46. The van der Waals surface area contributed by atoms with Crippen LogP contribution >= 0.6 is 0 Å². The van der Waals surface area contributed by atoms with Gasteiger partial charge in [0.15, 0.2) is 0 Å². The third-order valence-electron chi connectivity index (χ3n) is 5.15. The molecule has 4 rings (SSSR count). The van der Waals surface area contributed by atoms with Gasteiger partial charge < -0.3 is 15.1 Å². The van der Waals surface area contributed by atoms with E-state index in [1.807, 2.05) is 26.0 Å². The molecule has 1 aromatic heterocycles. The first-order chi connectivity index (χ1) is 15.3. The van der Waals surface area contributed by atoms with Gasteiger partial charge in [-0.3, -0.25) is 19.7 Å². The minimum absolute atomic E-state index is 0.0420. The number of anilines is 2. The predicted octanol–water partition coefficient (Wildman–Crippen LogP) is 5.46. The lowest BCUT2D eigenvalue weighted by molar-refractivity contribution is -0.384. The lowest BCUT2D eigenvalue weighted by Gasteiger charge is -2.09. The van der Waals surface area contributed by atoms with Gasteiger partial charge >= 0.3 is 0 Å². The minimum atomic E-state index is -0.541. The zero-order chi connectivity index (χ0) is 22.8. The SMILES string of the molecule is Cc1ccc(NC(=O)c2oc3ccccc3c2NC(=O)c2ccc([N+](=O)[O-])cc2)cc1C. The van der Waals surface area contributed by atoms with Crippen molar-refractivity contribution in [3.8, 4) is 0 Å². The summed E-state index contributed by atoms with van der Waals surface area (Å²) in [7, 11) is 0. The van der Waals surface area contributed by atoms with Crippen LogP contribution in [0.5, 0.6) is 0 Å². The number of para-hydroxylation sites is 1. The molecule has 32 heavy (non-hydrogen) atoms. The van der Waals surface area contributed by atoms with Crippen LogP contribution in [0.4, 0.5) is 17.1 Å². The standard InChI is InChI=1S/C24H19N3O5/c1-14-7-10-17(13-15(14)2)25-24(29)22-21(19-5-3-4-6-20(19)32-22)26-23(28)16-8-11-18(12-9-16)27(30)31/h3-13H,1-2H3,(H,25,29)(H,26,28). The number of rotatable bonds is 5. The number of furan rings is 1. The van der Waals surface area contributed by atoms with E-state index in [2.05, 4.69) is 10.6 Å². The Morgan fingerprint density at radius 1 is 0.875 bits per heavy atom. The molecule has 0 saturated carbocycles. The summed E-state index contributed by atoms with van der Waals surface area (Å²) in [5.41, 5.74) is 3.49. The molecule has 0 radical (unpaired) electrons. The Morgan fingerprint density at radius 2 is 1.59 bits per heavy atom. The molecule has 0 unspecified atom stereocenters. The fourth-order valence-electron chi connectivity index (χ4n) is 3.26. The second kappa shape index (κ2) is 8.35. The first kappa shape index (κ1) is 20.8. The number of hydrogen-bond acceptors (Lipinski definition) is 5. The number of benzene rings is 3. The van der Waals surface area contributed by atoms with E-state index in [9.17, 15) is 19.7 Å². The zero-order valence-electron chi connectivity index (χ0n) is 17.3. The van der Waals surface area contributed by atoms with E-state index < -0.39 is 16.7 Å². The van der Waals surface area contributed by atoms with Crippen LogP contribution in [-0.4, -0.2) is 16.7 Å². The Labute approximate surface area is 183 Å². The van der Waals surface area contributed by atoms with E-state index in [1.165, 1.54) is 24.3 Å². The topological polar surface area (TPSA) is 114 Å². The van der Waals surface area contributed by atoms with E-state index in [4.69, 9.17) is 4.42 Å². The van der Waals surface area contributed by atoms with Crippen molar-refractivity contribution >= 4 is 39.8 Å². The number of non-ortho nitro benzene ring substituents is 1. The van der Waals surface area contributed by atoms with Gasteiger partial charge in [0.25, 0.3) is 17.5 Å². The summed E-state index contributed by atoms with van der Waals surface area (Å²) in [6.45, 7) is 3.92. The lowest BCUT2D eigenvalue weighted by atomic mass is 10.1. The number of nitro groups is 1. The van der Waals surface area contributed by atoms with Crippen LogP contribution < -0.4 is 10.6 Å². The highest BCUT2D eigenvalue weighted by atomic mass is 16.6. The monoisotopic (exact) mass is 429 g/mol. The highest BCUT2D eigenvalue weighted by molar-refractivity contribution is 6.16. The molecule has 8 nitrogen and oxygen atoms in total. The summed E-state index contributed by atoms with van der Waals surface area (Å²) >= 11 is 0. The highest BCUT2D eigenvalue weighted by Gasteiger charge is 2.23. The second-order valence-corrected chi connectivity index (χ2v) is 7.31. The summed E-state index contributed by atoms with van der Waals surface area (Å²) in [6.07, 6.45) is 0. The van der Waals surface area contributed by atoms with Crippen molar-refractivity contribution in [2.24, 2.45) is 0 Å². The number of hydrogen-bond donors (Lipinski definition) is 2. The molecule has 0 saturated heterocycles. The number of aryl methyl sites for hydroxylation is 2. The van der Waals surface area contributed by atoms with Gasteiger partial charge in [-0.15, -0.1) is 0 Å². The van der Waals surface area contributed by atoms with Gasteiger partial charge in [-0.1, -0.05) is 18.2 Å². The second-order valence-electron chi connectivity index (χ2n) is 7.31. The van der Waals surface area contributed by atoms with E-state index in [0.29, 0.717) is 16.7 Å². The molecular formula is C24H19N3O5. The Morgan fingerprint density at radius 3 is 2.28 bits per heavy atom. The number of amides is 2. The van der Waals surface area contributed by atoms with Crippen LogP contribution in [-0.2, 0) is 0 Å². The molecule has 0 aliphatic carbocycles. The van der Waals surface area contributed by atoms with E-state index in [0.717, 1.165) is 11.1 Å². The van der Waals surface area contributed by atoms with Gasteiger partial charge in [-0.2, -0.15) is 0 Å². The Kier molecular flexibility index (Phi) is 5.43. The van der Waals surface area contributed by atoms with Crippen LogP contribution in [0.3, 0.4) is 0 Å². The van der Waals surface area contributed by atoms with Crippen LogP contribution in [0.15, 0.2) is 71.1 Å². The molecule has 0 fully saturated rings. The maximum Gasteiger partial charge on any atom is 0.293 e. The quantitative estimate of drug-likeness (QED) is 0.323. The average molecular weight is 429 g/mol. The lowest BCUT2D eigenvalue weighted by Crippen LogP contribution is -2.17. The Balaban J connectivity index is 1.66. The Bertz CT molecular complexity index is 1360.